The van der Waals surface area contributed by atoms with Gasteiger partial charge in [-0.3, -0.25) is 0 Å². The molecule has 0 aliphatic carbocycles. The highest BCUT2D eigenvalue weighted by Crippen LogP contribution is 2.12. The molecule has 14 heavy (non-hydrogen) atoms. The normalized spacial score (nSPS) is 10.9. The molecule has 76 valence electrons. The predicted octanol–water partition coefficient (Wildman–Crippen LogP) is 1.05. The van der Waals surface area contributed by atoms with Crippen LogP contribution in [0.15, 0.2) is 32.9 Å². The molecule has 1 rings (SSSR count). The summed E-state index contributed by atoms with van der Waals surface area (Å²) in [5, 5.41) is 0. The number of nitrogens with zero attached hydrogens (tertiary/aromatic N) is 1. The van der Waals surface area contributed by atoms with Crippen molar-refractivity contribution in [1.82, 2.24) is 0 Å². The van der Waals surface area contributed by atoms with Gasteiger partial charge in [-0.25, -0.2) is 4.21 Å². The molecule has 0 radical (unpaired) electrons. The van der Waals surface area contributed by atoms with E-state index in [1.54, 1.807) is 12.1 Å². The number of benzene rings is 1. The average molecular weight is 231 g/mol. The number of aryl methyl sites for hydroxylation is 1. The second kappa shape index (κ2) is 3.93. The highest BCUT2D eigenvalue weighted by molar-refractivity contribution is 7.95. The van der Waals surface area contributed by atoms with Gasteiger partial charge in [-0.15, -0.1) is 0 Å². The molecule has 0 fully saturated rings. The van der Waals surface area contributed by atoms with Crippen molar-refractivity contribution in [3.8, 4) is 0 Å². The van der Waals surface area contributed by atoms with E-state index in [0.717, 1.165) is 5.56 Å². The zero-order valence-corrected chi connectivity index (χ0v) is 9.14. The standard InChI is InChI=1S/C8H9NO3S2/c1-7-3-5-8(6-4-7)14(11,12)9-13(2)10/h3-6H,2H2,1H3. The van der Waals surface area contributed by atoms with Gasteiger partial charge in [0.05, 0.1) is 4.90 Å². The minimum Gasteiger partial charge on any atom is -0.206 e. The Morgan fingerprint density at radius 1 is 1.29 bits per heavy atom. The van der Waals surface area contributed by atoms with Crippen molar-refractivity contribution in [2.75, 3.05) is 0 Å². The number of sulfonamides is 1. The highest BCUT2D eigenvalue weighted by Gasteiger charge is 2.11. The Labute approximate surface area is 84.4 Å². The molecular formula is C8H9NO3S2. The van der Waals surface area contributed by atoms with Gasteiger partial charge in [0.15, 0.2) is 0 Å². The summed E-state index contributed by atoms with van der Waals surface area (Å²) < 4.78 is 36.3. The molecule has 6 heteroatoms. The molecule has 0 saturated carbocycles. The van der Waals surface area contributed by atoms with E-state index < -0.39 is 20.2 Å². The second-order valence-electron chi connectivity index (χ2n) is 2.68. The van der Waals surface area contributed by atoms with Gasteiger partial charge in [0.2, 0.25) is 0 Å². The van der Waals surface area contributed by atoms with Crippen molar-refractivity contribution in [3.05, 3.63) is 29.8 Å². The minimum atomic E-state index is -3.81. The Balaban J connectivity index is 3.32. The first kappa shape index (κ1) is 10.9. The lowest BCUT2D eigenvalue weighted by Gasteiger charge is -1.96. The average Bonchev–Trinajstić information content (AvgIpc) is 2.02. The molecule has 0 amide bonds. The van der Waals surface area contributed by atoms with Crippen LogP contribution in [0.4, 0.5) is 0 Å². The van der Waals surface area contributed by atoms with Crippen LogP contribution in [0.5, 0.6) is 0 Å². The number of hydrogen-bond acceptors (Lipinski definition) is 3. The molecule has 0 aliphatic heterocycles. The van der Waals surface area contributed by atoms with Crippen LogP contribution < -0.4 is 0 Å². The molecule has 0 saturated heterocycles. The van der Waals surface area contributed by atoms with Gasteiger partial charge in [-0.2, -0.15) is 8.42 Å². The summed E-state index contributed by atoms with van der Waals surface area (Å²) >= 11 is 0. The van der Waals surface area contributed by atoms with Crippen LogP contribution in [0.2, 0.25) is 0 Å². The van der Waals surface area contributed by atoms with E-state index in [4.69, 9.17) is 0 Å². The third kappa shape index (κ3) is 2.68. The lowest BCUT2D eigenvalue weighted by atomic mass is 10.2. The maximum absolute atomic E-state index is 11.4. The Hall–Kier alpha value is -1.14. The minimum absolute atomic E-state index is 0.0279. The van der Waals surface area contributed by atoms with E-state index in [0.29, 0.717) is 0 Å². The van der Waals surface area contributed by atoms with E-state index in [1.165, 1.54) is 12.1 Å². The van der Waals surface area contributed by atoms with Crippen molar-refractivity contribution in [2.45, 2.75) is 11.8 Å². The fraction of sp³-hybridized carbons (Fsp3) is 0.125. The largest absolute Gasteiger partial charge is 0.294 e. The Bertz CT molecular complexity index is 545. The number of rotatable bonds is 2. The molecule has 0 aliphatic rings. The van der Waals surface area contributed by atoms with E-state index in [2.05, 4.69) is 9.64 Å². The maximum atomic E-state index is 11.4. The van der Waals surface area contributed by atoms with Crippen LogP contribution in [0.25, 0.3) is 0 Å². The van der Waals surface area contributed by atoms with Crippen molar-refractivity contribution < 1.29 is 12.6 Å². The zero-order valence-electron chi connectivity index (χ0n) is 7.50. The molecule has 0 atom stereocenters. The molecule has 4 nitrogen and oxygen atoms in total. The van der Waals surface area contributed by atoms with Crippen molar-refractivity contribution in [2.24, 2.45) is 3.77 Å². The van der Waals surface area contributed by atoms with Crippen molar-refractivity contribution >= 4 is 26.1 Å². The summed E-state index contributed by atoms with van der Waals surface area (Å²) in [5.41, 5.74) is 0.944. The van der Waals surface area contributed by atoms with Crippen LogP contribution in [-0.4, -0.2) is 18.5 Å². The van der Waals surface area contributed by atoms with Gasteiger partial charge >= 0.3 is 0 Å². The molecule has 1 aromatic carbocycles. The van der Waals surface area contributed by atoms with E-state index in [-0.39, 0.29) is 4.90 Å². The summed E-state index contributed by atoms with van der Waals surface area (Å²) in [6, 6.07) is 6.13. The van der Waals surface area contributed by atoms with Crippen LogP contribution in [0.3, 0.4) is 0 Å². The van der Waals surface area contributed by atoms with Crippen LogP contribution >= 0.6 is 0 Å². The van der Waals surface area contributed by atoms with E-state index in [1.807, 2.05) is 6.92 Å². The van der Waals surface area contributed by atoms with Crippen LogP contribution in [0, 0.1) is 6.92 Å². The summed E-state index contributed by atoms with van der Waals surface area (Å²) in [5.74, 6) is 2.99. The van der Waals surface area contributed by atoms with Gasteiger partial charge in [0, 0.05) is 5.87 Å². The molecule has 1 aromatic rings. The fourth-order valence-corrected chi connectivity index (χ4v) is 2.56. The van der Waals surface area contributed by atoms with Crippen LogP contribution in [-0.2, 0) is 20.2 Å². The molecular weight excluding hydrogens is 222 g/mol. The maximum Gasteiger partial charge on any atom is 0.294 e. The lowest BCUT2D eigenvalue weighted by molar-refractivity contribution is 0.598. The molecule has 0 spiro atoms. The van der Waals surface area contributed by atoms with Crippen LogP contribution in [0.1, 0.15) is 5.56 Å². The Morgan fingerprint density at radius 2 is 1.79 bits per heavy atom. The first-order chi connectivity index (χ1) is 6.42. The molecule has 0 aromatic heterocycles. The summed E-state index contributed by atoms with van der Waals surface area (Å²) in [7, 11) is -5.77. The van der Waals surface area contributed by atoms with Gasteiger partial charge in [-0.05, 0) is 19.1 Å². The van der Waals surface area contributed by atoms with Crippen molar-refractivity contribution in [3.63, 3.8) is 0 Å². The SMILES string of the molecule is C=S(=O)=NS(=O)(=O)c1ccc(C)cc1. The molecule has 0 N–H and O–H groups in total. The summed E-state index contributed by atoms with van der Waals surface area (Å²) in [6.07, 6.45) is 0. The van der Waals surface area contributed by atoms with E-state index in [9.17, 15) is 12.6 Å². The topological polar surface area (TPSA) is 63.6 Å². The summed E-state index contributed by atoms with van der Waals surface area (Å²) in [6.45, 7) is 1.84. The quantitative estimate of drug-likeness (QED) is 0.715. The van der Waals surface area contributed by atoms with Crippen molar-refractivity contribution in [1.29, 1.82) is 0 Å². The van der Waals surface area contributed by atoms with Gasteiger partial charge in [0.1, 0.15) is 10.2 Å². The third-order valence-corrected chi connectivity index (χ3v) is 3.82. The van der Waals surface area contributed by atoms with Gasteiger partial charge in [-0.1, -0.05) is 21.5 Å². The monoisotopic (exact) mass is 231 g/mol. The zero-order chi connectivity index (χ0) is 10.8. The third-order valence-electron chi connectivity index (χ3n) is 1.50. The smallest absolute Gasteiger partial charge is 0.206 e. The number of hydrogen-bond donors (Lipinski definition) is 0. The van der Waals surface area contributed by atoms with Gasteiger partial charge in [0.25, 0.3) is 10.0 Å². The first-order valence-corrected chi connectivity index (χ1v) is 6.40. The molecule has 0 unspecified atom stereocenters. The predicted molar refractivity (Wildman–Crippen MR) is 56.1 cm³/mol. The fourth-order valence-electron chi connectivity index (χ4n) is 0.863. The second-order valence-corrected chi connectivity index (χ2v) is 5.34. The van der Waals surface area contributed by atoms with Gasteiger partial charge < -0.3 is 0 Å². The first-order valence-electron chi connectivity index (χ1n) is 3.68. The highest BCUT2D eigenvalue weighted by atomic mass is 32.2. The Morgan fingerprint density at radius 3 is 2.21 bits per heavy atom. The Kier molecular flexibility index (Phi) is 3.07. The lowest BCUT2D eigenvalue weighted by Crippen LogP contribution is -1.95. The van der Waals surface area contributed by atoms with E-state index >= 15 is 0 Å². The molecule has 0 bridgehead atoms. The molecule has 0 heterocycles. The summed E-state index contributed by atoms with van der Waals surface area (Å²) in [4.78, 5) is 0.0279.